The summed E-state index contributed by atoms with van der Waals surface area (Å²) in [5.74, 6) is -2.60. The molecule has 0 bridgehead atoms. The molecule has 2 fully saturated rings. The highest BCUT2D eigenvalue weighted by molar-refractivity contribution is 6.19. The highest BCUT2D eigenvalue weighted by Gasteiger charge is 2.58. The van der Waals surface area contributed by atoms with Crippen LogP contribution in [0.5, 0.6) is 0 Å². The third-order valence-corrected chi connectivity index (χ3v) is 4.96. The number of rotatable bonds is 5. The molecule has 0 radical (unpaired) electrons. The van der Waals surface area contributed by atoms with Crippen LogP contribution in [0.2, 0.25) is 0 Å². The molecule has 2 heterocycles. The summed E-state index contributed by atoms with van der Waals surface area (Å²) < 4.78 is 16.1. The smallest absolute Gasteiger partial charge is 0.214 e. The number of ether oxygens (including phenoxy) is 3. The summed E-state index contributed by atoms with van der Waals surface area (Å²) in [6, 6.07) is 0. The number of aliphatic hydroxyl groups is 5. The number of alkyl halides is 3. The molecule has 2 aliphatic rings. The lowest BCUT2D eigenvalue weighted by Crippen LogP contribution is -2.62. The molecule has 11 heteroatoms. The van der Waals surface area contributed by atoms with E-state index in [2.05, 4.69) is 0 Å². The van der Waals surface area contributed by atoms with Crippen LogP contribution in [0.1, 0.15) is 0 Å². The first-order valence-electron chi connectivity index (χ1n) is 6.90. The van der Waals surface area contributed by atoms with E-state index in [1.807, 2.05) is 0 Å². The predicted octanol–water partition coefficient (Wildman–Crippen LogP) is -1.66. The van der Waals surface area contributed by atoms with Crippen LogP contribution in [0.25, 0.3) is 0 Å². The maximum atomic E-state index is 10.1. The Morgan fingerprint density at radius 1 is 0.826 bits per heavy atom. The summed E-state index contributed by atoms with van der Waals surface area (Å²) in [4.78, 5) is 0. The molecule has 2 aliphatic heterocycles. The third kappa shape index (κ3) is 3.58. The molecule has 0 aliphatic carbocycles. The van der Waals surface area contributed by atoms with Gasteiger partial charge in [-0.2, -0.15) is 0 Å². The van der Waals surface area contributed by atoms with Crippen LogP contribution in [-0.2, 0) is 14.2 Å². The van der Waals surface area contributed by atoms with E-state index in [4.69, 9.17) is 49.0 Å². The van der Waals surface area contributed by atoms with Gasteiger partial charge in [0.1, 0.15) is 42.7 Å². The minimum Gasteiger partial charge on any atom is -0.388 e. The summed E-state index contributed by atoms with van der Waals surface area (Å²) in [5.41, 5.74) is 0. The Labute approximate surface area is 147 Å². The van der Waals surface area contributed by atoms with Crippen molar-refractivity contribution in [1.29, 1.82) is 0 Å². The van der Waals surface area contributed by atoms with Crippen LogP contribution < -0.4 is 0 Å². The molecular weight excluding hydrogens is 378 g/mol. The van der Waals surface area contributed by atoms with Gasteiger partial charge in [-0.3, -0.25) is 0 Å². The molecule has 0 spiro atoms. The predicted molar refractivity (Wildman–Crippen MR) is 79.5 cm³/mol. The van der Waals surface area contributed by atoms with Crippen molar-refractivity contribution >= 4 is 34.8 Å². The van der Waals surface area contributed by atoms with E-state index in [9.17, 15) is 25.5 Å². The van der Waals surface area contributed by atoms with Crippen LogP contribution in [0.15, 0.2) is 0 Å². The number of hydrogen-bond acceptors (Lipinski definition) is 8. The van der Waals surface area contributed by atoms with Gasteiger partial charge in [0.2, 0.25) is 5.79 Å². The van der Waals surface area contributed by atoms with E-state index >= 15 is 0 Å². The first-order valence-corrected chi connectivity index (χ1v) is 8.51. The Hall–Kier alpha value is 0.550. The lowest BCUT2D eigenvalue weighted by molar-refractivity contribution is -0.366. The topological polar surface area (TPSA) is 129 Å². The van der Waals surface area contributed by atoms with Gasteiger partial charge in [0.25, 0.3) is 0 Å². The van der Waals surface area contributed by atoms with Gasteiger partial charge in [-0.25, -0.2) is 0 Å². The Balaban J connectivity index is 2.18. The second-order valence-electron chi connectivity index (χ2n) is 5.48. The SMILES string of the molecule is O[C@@H]1[C@H](O)[C@@H](O[C@]2(CCl)O[C@H](CCl)[C@H](O)[C@@H]2O)O[C@@H](CCl)[C@H]1O. The van der Waals surface area contributed by atoms with Gasteiger partial charge < -0.3 is 39.7 Å². The Kier molecular flexibility index (Phi) is 6.77. The summed E-state index contributed by atoms with van der Waals surface area (Å²) in [6.45, 7) is 0. The van der Waals surface area contributed by atoms with Gasteiger partial charge in [-0.05, 0) is 0 Å². The molecular formula is C12H19Cl3O8. The number of hydrogen-bond donors (Lipinski definition) is 5. The second-order valence-corrected chi connectivity index (χ2v) is 6.36. The minimum atomic E-state index is -1.90. The molecule has 0 aromatic carbocycles. The quantitative estimate of drug-likeness (QED) is 0.349. The first kappa shape index (κ1) is 19.9. The van der Waals surface area contributed by atoms with E-state index < -0.39 is 60.7 Å². The van der Waals surface area contributed by atoms with Crippen molar-refractivity contribution in [3.05, 3.63) is 0 Å². The largest absolute Gasteiger partial charge is 0.388 e. The Bertz CT molecular complexity index is 403. The average Bonchev–Trinajstić information content (AvgIpc) is 2.80. The van der Waals surface area contributed by atoms with Gasteiger partial charge in [0.05, 0.1) is 17.6 Å². The third-order valence-electron chi connectivity index (χ3n) is 3.98. The average molecular weight is 398 g/mol. The van der Waals surface area contributed by atoms with E-state index in [0.29, 0.717) is 0 Å². The van der Waals surface area contributed by atoms with Crippen molar-refractivity contribution in [3.8, 4) is 0 Å². The summed E-state index contributed by atoms with van der Waals surface area (Å²) in [6.07, 6.45) is -11.0. The van der Waals surface area contributed by atoms with Crippen LogP contribution >= 0.6 is 34.8 Å². The van der Waals surface area contributed by atoms with Crippen LogP contribution in [0.4, 0.5) is 0 Å². The molecule has 0 saturated carbocycles. The van der Waals surface area contributed by atoms with Gasteiger partial charge in [-0.1, -0.05) is 0 Å². The minimum absolute atomic E-state index is 0.125. The van der Waals surface area contributed by atoms with E-state index in [1.54, 1.807) is 0 Å². The Morgan fingerprint density at radius 3 is 1.91 bits per heavy atom. The summed E-state index contributed by atoms with van der Waals surface area (Å²) >= 11 is 17.1. The van der Waals surface area contributed by atoms with Crippen molar-refractivity contribution in [2.45, 2.75) is 54.8 Å². The number of aliphatic hydroxyl groups excluding tert-OH is 5. The lowest BCUT2D eigenvalue weighted by Gasteiger charge is -2.43. The first-order chi connectivity index (χ1) is 10.8. The summed E-state index contributed by atoms with van der Waals surface area (Å²) in [5, 5.41) is 49.6. The molecule has 0 aromatic heterocycles. The van der Waals surface area contributed by atoms with E-state index in [1.165, 1.54) is 0 Å². The molecule has 0 aromatic rings. The van der Waals surface area contributed by atoms with Gasteiger partial charge in [-0.15, -0.1) is 34.8 Å². The molecule has 2 saturated heterocycles. The van der Waals surface area contributed by atoms with Crippen LogP contribution in [0.3, 0.4) is 0 Å². The number of halogens is 3. The van der Waals surface area contributed by atoms with Crippen LogP contribution in [0, 0.1) is 0 Å². The maximum absolute atomic E-state index is 10.1. The molecule has 136 valence electrons. The normalized spacial score (nSPS) is 51.1. The van der Waals surface area contributed by atoms with Crippen LogP contribution in [-0.4, -0.2) is 98.0 Å². The van der Waals surface area contributed by atoms with Crippen molar-refractivity contribution in [2.24, 2.45) is 0 Å². The maximum Gasteiger partial charge on any atom is 0.214 e. The lowest BCUT2D eigenvalue weighted by atomic mass is 9.99. The van der Waals surface area contributed by atoms with Crippen molar-refractivity contribution in [1.82, 2.24) is 0 Å². The molecule has 2 rings (SSSR count). The van der Waals surface area contributed by atoms with E-state index in [-0.39, 0.29) is 11.8 Å². The van der Waals surface area contributed by atoms with Crippen molar-refractivity contribution in [3.63, 3.8) is 0 Å². The fraction of sp³-hybridized carbons (Fsp3) is 1.00. The van der Waals surface area contributed by atoms with Crippen molar-refractivity contribution < 1.29 is 39.7 Å². The summed E-state index contributed by atoms with van der Waals surface area (Å²) in [7, 11) is 0. The van der Waals surface area contributed by atoms with Gasteiger partial charge in [0, 0.05) is 0 Å². The monoisotopic (exact) mass is 396 g/mol. The zero-order valence-electron chi connectivity index (χ0n) is 11.8. The second kappa shape index (κ2) is 7.84. The van der Waals surface area contributed by atoms with Gasteiger partial charge >= 0.3 is 0 Å². The fourth-order valence-electron chi connectivity index (χ4n) is 2.56. The molecule has 0 unspecified atom stereocenters. The Morgan fingerprint density at radius 2 is 1.43 bits per heavy atom. The standard InChI is InChI=1S/C12H19Cl3O8/c13-1-4-6(16)8(18)9(19)11(21-4)23-12(3-15)10(20)7(17)5(2-14)22-12/h4-11,16-20H,1-3H2/t4-,5+,6+,7-,8-,9-,10-,11+,12-/m0/s1. The molecule has 8 nitrogen and oxygen atoms in total. The van der Waals surface area contributed by atoms with Gasteiger partial charge in [0.15, 0.2) is 6.29 Å². The molecule has 5 N–H and O–H groups in total. The highest BCUT2D eigenvalue weighted by Crippen LogP contribution is 2.37. The fourth-order valence-corrected chi connectivity index (χ4v) is 3.34. The molecule has 0 amide bonds. The highest BCUT2D eigenvalue weighted by atomic mass is 35.5. The van der Waals surface area contributed by atoms with Crippen molar-refractivity contribution in [2.75, 3.05) is 17.6 Å². The van der Waals surface area contributed by atoms with E-state index in [0.717, 1.165) is 0 Å². The molecule has 9 atom stereocenters. The zero-order chi connectivity index (χ0) is 17.4. The zero-order valence-corrected chi connectivity index (χ0v) is 14.1. The molecule has 23 heavy (non-hydrogen) atoms.